The van der Waals surface area contributed by atoms with Gasteiger partial charge in [-0.15, -0.1) is 0 Å². The van der Waals surface area contributed by atoms with E-state index >= 15 is 0 Å². The zero-order chi connectivity index (χ0) is 20.2. The van der Waals surface area contributed by atoms with E-state index in [1.807, 2.05) is 36.4 Å². The molecule has 29 heavy (non-hydrogen) atoms. The highest BCUT2D eigenvalue weighted by Gasteiger charge is 2.34. The smallest absolute Gasteiger partial charge is 0.340 e. The molecule has 0 aliphatic carbocycles. The molecule has 0 saturated heterocycles. The molecular weight excluding hydrogens is 358 g/mol. The summed E-state index contributed by atoms with van der Waals surface area (Å²) in [5, 5.41) is 1.13. The van der Waals surface area contributed by atoms with Gasteiger partial charge in [0.1, 0.15) is 0 Å². The monoisotopic (exact) mass is 381 g/mol. The van der Waals surface area contributed by atoms with Crippen LogP contribution >= 0.6 is 0 Å². The molecule has 0 bridgehead atoms. The molecule has 1 aliphatic heterocycles. The minimum Gasteiger partial charge on any atom is -0.433 e. The van der Waals surface area contributed by atoms with E-state index in [4.69, 9.17) is 4.74 Å². The number of esters is 1. The highest BCUT2D eigenvalue weighted by atomic mass is 16.6. The van der Waals surface area contributed by atoms with Crippen LogP contribution in [0.4, 0.5) is 0 Å². The lowest BCUT2D eigenvalue weighted by Crippen LogP contribution is -2.12. The summed E-state index contributed by atoms with van der Waals surface area (Å²) in [5.74, 6) is -0.266. The fourth-order valence-electron chi connectivity index (χ4n) is 4.11. The Hall–Kier alpha value is -3.33. The lowest BCUT2D eigenvalue weighted by atomic mass is 9.86. The van der Waals surface area contributed by atoms with Gasteiger partial charge in [0.15, 0.2) is 0 Å². The Morgan fingerprint density at radius 1 is 0.862 bits per heavy atom. The van der Waals surface area contributed by atoms with E-state index in [1.165, 1.54) is 5.56 Å². The summed E-state index contributed by atoms with van der Waals surface area (Å²) in [6.45, 7) is 6.65. The minimum absolute atomic E-state index is 0.102. The van der Waals surface area contributed by atoms with Crippen molar-refractivity contribution in [2.75, 3.05) is 0 Å². The second-order valence-corrected chi connectivity index (χ2v) is 8.63. The van der Waals surface area contributed by atoms with Gasteiger partial charge in [-0.2, -0.15) is 0 Å². The maximum atomic E-state index is 12.5. The van der Waals surface area contributed by atoms with Crippen LogP contribution in [-0.4, -0.2) is 10.5 Å². The van der Waals surface area contributed by atoms with Crippen molar-refractivity contribution in [2.45, 2.75) is 32.4 Å². The molecule has 0 amide bonds. The molecule has 1 aliphatic rings. The van der Waals surface area contributed by atoms with Gasteiger partial charge in [-0.3, -0.25) is 0 Å². The maximum absolute atomic E-state index is 12.5. The first kappa shape index (κ1) is 17.7. The molecule has 3 nitrogen and oxygen atoms in total. The van der Waals surface area contributed by atoms with Crippen molar-refractivity contribution >= 4 is 16.9 Å². The first-order chi connectivity index (χ1) is 13.9. The molecule has 144 valence electrons. The predicted molar refractivity (Wildman–Crippen MR) is 116 cm³/mol. The molecule has 3 heteroatoms. The number of hydrogen-bond donors (Lipinski definition) is 0. The van der Waals surface area contributed by atoms with Crippen molar-refractivity contribution in [1.82, 2.24) is 4.57 Å². The number of cyclic esters (lactones) is 1. The summed E-state index contributed by atoms with van der Waals surface area (Å²) in [6, 6.07) is 26.8. The Kier molecular flexibility index (Phi) is 3.88. The lowest BCUT2D eigenvalue weighted by Gasteiger charge is -2.21. The Balaban J connectivity index is 1.71. The topological polar surface area (TPSA) is 31.2 Å². The Morgan fingerprint density at radius 2 is 1.55 bits per heavy atom. The molecule has 3 aromatic carbocycles. The molecule has 5 rings (SSSR count). The van der Waals surface area contributed by atoms with Crippen LogP contribution < -0.4 is 0 Å². The third-order valence-corrected chi connectivity index (χ3v) is 5.69. The quantitative estimate of drug-likeness (QED) is 0.380. The maximum Gasteiger partial charge on any atom is 0.340 e. The zero-order valence-corrected chi connectivity index (χ0v) is 16.8. The number of benzene rings is 3. The molecule has 4 aromatic rings. The number of ether oxygens (including phenoxy) is 1. The van der Waals surface area contributed by atoms with Gasteiger partial charge in [0, 0.05) is 10.9 Å². The summed E-state index contributed by atoms with van der Waals surface area (Å²) in [7, 11) is 0. The average Bonchev–Trinajstić information content (AvgIpc) is 3.25. The molecule has 0 N–H and O–H groups in total. The summed E-state index contributed by atoms with van der Waals surface area (Å²) in [6.07, 6.45) is -0.462. The Labute approximate surface area is 170 Å². The highest BCUT2D eigenvalue weighted by molar-refractivity contribution is 5.95. The van der Waals surface area contributed by atoms with Crippen molar-refractivity contribution in [3.05, 3.63) is 95.6 Å². The number of rotatable bonds is 2. The highest BCUT2D eigenvalue weighted by Crippen LogP contribution is 2.39. The number of hydrogen-bond acceptors (Lipinski definition) is 2. The van der Waals surface area contributed by atoms with Crippen LogP contribution in [0.1, 0.15) is 48.5 Å². The van der Waals surface area contributed by atoms with E-state index in [-0.39, 0.29) is 11.4 Å². The van der Waals surface area contributed by atoms with Crippen LogP contribution in [0.3, 0.4) is 0 Å². The molecule has 0 fully saturated rings. The Bertz CT molecular complexity index is 1230. The second kappa shape index (κ2) is 6.35. The predicted octanol–water partition coefficient (Wildman–Crippen LogP) is 6.32. The summed E-state index contributed by atoms with van der Waals surface area (Å²) in [4.78, 5) is 12.5. The van der Waals surface area contributed by atoms with E-state index in [0.29, 0.717) is 5.56 Å². The van der Waals surface area contributed by atoms with Gasteiger partial charge in [-0.25, -0.2) is 4.79 Å². The van der Waals surface area contributed by atoms with Crippen LogP contribution in [0.2, 0.25) is 0 Å². The number of carbonyl (C=O) groups is 1. The molecule has 1 aromatic heterocycles. The number of carbonyl (C=O) groups excluding carboxylic acids is 1. The largest absolute Gasteiger partial charge is 0.433 e. The van der Waals surface area contributed by atoms with Gasteiger partial charge in [0.25, 0.3) is 0 Å². The van der Waals surface area contributed by atoms with Crippen LogP contribution in [-0.2, 0) is 10.2 Å². The normalized spacial score (nSPS) is 16.1. The molecule has 0 radical (unpaired) electrons. The van der Waals surface area contributed by atoms with Gasteiger partial charge in [0.2, 0.25) is 6.23 Å². The first-order valence-corrected chi connectivity index (χ1v) is 9.94. The van der Waals surface area contributed by atoms with Crippen LogP contribution in [0, 0.1) is 0 Å². The van der Waals surface area contributed by atoms with Gasteiger partial charge in [0.05, 0.1) is 16.8 Å². The van der Waals surface area contributed by atoms with E-state index in [9.17, 15) is 4.79 Å². The third kappa shape index (κ3) is 2.85. The van der Waals surface area contributed by atoms with E-state index in [1.54, 1.807) is 0 Å². The van der Waals surface area contributed by atoms with Gasteiger partial charge < -0.3 is 9.30 Å². The van der Waals surface area contributed by atoms with E-state index in [2.05, 4.69) is 67.8 Å². The minimum atomic E-state index is -0.462. The number of para-hydroxylation sites is 1. The van der Waals surface area contributed by atoms with Crippen molar-refractivity contribution < 1.29 is 9.53 Å². The van der Waals surface area contributed by atoms with Crippen LogP contribution in [0.15, 0.2) is 78.9 Å². The van der Waals surface area contributed by atoms with Crippen molar-refractivity contribution in [1.29, 1.82) is 0 Å². The molecule has 1 unspecified atom stereocenters. The number of aromatic nitrogens is 1. The third-order valence-electron chi connectivity index (χ3n) is 5.69. The van der Waals surface area contributed by atoms with Crippen LogP contribution in [0.25, 0.3) is 22.2 Å². The SMILES string of the molecule is CC(C)(C)c1ccc(-c2cc3ccccc3n2C2OC(=O)c3ccccc32)cc1. The van der Waals surface area contributed by atoms with Gasteiger partial charge >= 0.3 is 5.97 Å². The number of fused-ring (bicyclic) bond motifs is 2. The van der Waals surface area contributed by atoms with Crippen molar-refractivity contribution in [2.24, 2.45) is 0 Å². The molecule has 0 saturated carbocycles. The summed E-state index contributed by atoms with van der Waals surface area (Å²) < 4.78 is 7.99. The molecule has 2 heterocycles. The fraction of sp³-hybridized carbons (Fsp3) is 0.192. The summed E-state index contributed by atoms with van der Waals surface area (Å²) >= 11 is 0. The zero-order valence-electron chi connectivity index (χ0n) is 16.8. The van der Waals surface area contributed by atoms with Crippen molar-refractivity contribution in [3.8, 4) is 11.3 Å². The summed E-state index contributed by atoms with van der Waals surface area (Å²) in [5.41, 5.74) is 6.15. The first-order valence-electron chi connectivity index (χ1n) is 9.94. The standard InChI is InChI=1S/C26H23NO2/c1-26(2,3)19-14-12-17(13-15-19)23-16-18-8-4-7-11-22(18)27(23)24-20-9-5-6-10-21(20)25(28)29-24/h4-16,24H,1-3H3. The molecule has 1 atom stereocenters. The van der Waals surface area contributed by atoms with Gasteiger partial charge in [-0.1, -0.05) is 81.4 Å². The van der Waals surface area contributed by atoms with Crippen LogP contribution in [0.5, 0.6) is 0 Å². The lowest BCUT2D eigenvalue weighted by molar-refractivity contribution is 0.0335. The Morgan fingerprint density at radius 3 is 2.31 bits per heavy atom. The average molecular weight is 381 g/mol. The van der Waals surface area contributed by atoms with E-state index < -0.39 is 6.23 Å². The number of nitrogens with zero attached hydrogens (tertiary/aromatic N) is 1. The van der Waals surface area contributed by atoms with Gasteiger partial charge in [-0.05, 0) is 34.7 Å². The fourth-order valence-corrected chi connectivity index (χ4v) is 4.11. The van der Waals surface area contributed by atoms with E-state index in [0.717, 1.165) is 27.7 Å². The van der Waals surface area contributed by atoms with Crippen molar-refractivity contribution in [3.63, 3.8) is 0 Å². The molecule has 0 spiro atoms. The second-order valence-electron chi connectivity index (χ2n) is 8.63. The molecular formula is C26H23NO2.